The smallest absolute Gasteiger partial charge is 0.404 e. The molecule has 0 aliphatic carbocycles. The number of urea groups is 1. The number of likely N-dealkylation sites (N-methyl/N-ethyl adjacent to an activating group) is 1. The van der Waals surface area contributed by atoms with Crippen molar-refractivity contribution in [2.24, 2.45) is 5.73 Å². The fourth-order valence-electron chi connectivity index (χ4n) is 3.84. The zero-order valence-corrected chi connectivity index (χ0v) is 21.6. The molecule has 0 aromatic heterocycles. The zero-order valence-electron chi connectivity index (χ0n) is 20.8. The number of carbonyl (C=O) groups is 6. The van der Waals surface area contributed by atoms with E-state index in [0.717, 1.165) is 9.80 Å². The molecule has 2 heterocycles. The van der Waals surface area contributed by atoms with E-state index in [1.165, 1.54) is 18.8 Å². The molecule has 5 N–H and O–H groups in total. The Morgan fingerprint density at radius 1 is 1.26 bits per heavy atom. The maximum atomic E-state index is 13.3. The number of allylic oxidation sites excluding steroid dienone is 1. The average Bonchev–Trinajstić information content (AvgIpc) is 2.91. The molecule has 0 bridgehead atoms. The first-order chi connectivity index (χ1) is 18.0. The van der Waals surface area contributed by atoms with Crippen LogP contribution >= 0.6 is 11.8 Å². The molecule has 2 aliphatic heterocycles. The number of benzene rings is 1. The number of carboxylic acid groups (broad SMARTS) is 1. The lowest BCUT2D eigenvalue weighted by molar-refractivity contribution is -0.151. The number of fused-ring (bicyclic) bond motifs is 1. The molecule has 38 heavy (non-hydrogen) atoms. The number of β-lactam (4-membered cyclic amide) rings is 1. The van der Waals surface area contributed by atoms with Crippen molar-refractivity contribution in [3.8, 4) is 0 Å². The molecule has 202 valence electrons. The fraction of sp³-hybridized carbons (Fsp3) is 0.333. The van der Waals surface area contributed by atoms with E-state index in [-0.39, 0.29) is 17.0 Å². The summed E-state index contributed by atoms with van der Waals surface area (Å²) in [5.41, 5.74) is 5.55. The van der Waals surface area contributed by atoms with Crippen molar-refractivity contribution in [1.29, 1.82) is 0 Å². The molecule has 1 fully saturated rings. The van der Waals surface area contributed by atoms with Gasteiger partial charge in [-0.15, -0.1) is 11.8 Å². The zero-order chi connectivity index (χ0) is 28.1. The van der Waals surface area contributed by atoms with Gasteiger partial charge in [0.05, 0.1) is 0 Å². The molecular formula is C24H27N5O8S. The van der Waals surface area contributed by atoms with E-state index < -0.39 is 59.9 Å². The van der Waals surface area contributed by atoms with Crippen molar-refractivity contribution < 1.29 is 38.6 Å². The molecule has 13 nitrogen and oxygen atoms in total. The lowest BCUT2D eigenvalue weighted by atomic mass is 10.0. The number of imide groups is 1. The molecule has 2 unspecified atom stereocenters. The maximum Gasteiger partial charge on any atom is 0.404 e. The predicted octanol–water partition coefficient (Wildman–Crippen LogP) is 0.696. The second kappa shape index (κ2) is 11.8. The van der Waals surface area contributed by atoms with Crippen LogP contribution in [0.2, 0.25) is 0 Å². The Morgan fingerprint density at radius 3 is 2.50 bits per heavy atom. The monoisotopic (exact) mass is 545 g/mol. The van der Waals surface area contributed by atoms with Crippen molar-refractivity contribution in [3.63, 3.8) is 0 Å². The molecule has 3 rings (SSSR count). The summed E-state index contributed by atoms with van der Waals surface area (Å²) in [5, 5.41) is 14.1. The molecule has 14 heteroatoms. The van der Waals surface area contributed by atoms with Crippen molar-refractivity contribution >= 4 is 47.6 Å². The summed E-state index contributed by atoms with van der Waals surface area (Å²) in [4.78, 5) is 76.1. The van der Waals surface area contributed by atoms with Gasteiger partial charge in [-0.1, -0.05) is 36.4 Å². The normalized spacial score (nSPS) is 19.5. The van der Waals surface area contributed by atoms with Gasteiger partial charge >= 0.3 is 18.1 Å². The lowest BCUT2D eigenvalue weighted by Gasteiger charge is -2.49. The molecule has 0 radical (unpaired) electrons. The number of nitrogens with zero attached hydrogens (tertiary/aromatic N) is 2. The van der Waals surface area contributed by atoms with Crippen LogP contribution in [0.25, 0.3) is 0 Å². The highest BCUT2D eigenvalue weighted by Gasteiger charge is 2.54. The average molecular weight is 546 g/mol. The van der Waals surface area contributed by atoms with Gasteiger partial charge in [-0.3, -0.25) is 24.2 Å². The van der Waals surface area contributed by atoms with E-state index >= 15 is 0 Å². The lowest BCUT2D eigenvalue weighted by Crippen LogP contribution is -2.71. The highest BCUT2D eigenvalue weighted by Crippen LogP contribution is 2.40. The highest BCUT2D eigenvalue weighted by molar-refractivity contribution is 8.00. The van der Waals surface area contributed by atoms with Gasteiger partial charge in [0, 0.05) is 23.9 Å². The minimum Gasteiger partial charge on any atom is -0.477 e. The summed E-state index contributed by atoms with van der Waals surface area (Å²) in [5.74, 6) is -3.24. The summed E-state index contributed by atoms with van der Waals surface area (Å²) in [6.07, 6.45) is 0.464. The quantitative estimate of drug-likeness (QED) is 0.269. The van der Waals surface area contributed by atoms with Gasteiger partial charge in [0.2, 0.25) is 5.91 Å². The van der Waals surface area contributed by atoms with Crippen LogP contribution in [-0.2, 0) is 23.9 Å². The number of nitrogens with two attached hydrogens (primary N) is 1. The second-order valence-electron chi connectivity index (χ2n) is 8.39. The Morgan fingerprint density at radius 2 is 1.92 bits per heavy atom. The van der Waals surface area contributed by atoms with Crippen LogP contribution in [0, 0.1) is 0 Å². The van der Waals surface area contributed by atoms with Crippen molar-refractivity contribution in [3.05, 3.63) is 58.8 Å². The standard InChI is InChI=1S/C24H27N5O8S/c1-4-12(2)19(31)28(3)24(36)27-15(13-8-6-5-7-9-13)18(30)26-16-20(32)29-17(22(33)34)14(10-37-23(25)35)11-38-21(16)29/h4-9,15-16,21H,10-11H2,1-3H3,(H2,25,35)(H,26,30)(H,27,36)(H,33,34)/t15?,16?,21-/m0/s1. The van der Waals surface area contributed by atoms with Crippen LogP contribution in [-0.4, -0.2) is 81.5 Å². The van der Waals surface area contributed by atoms with Crippen LogP contribution in [0.5, 0.6) is 0 Å². The Hall–Kier alpha value is -4.33. The Balaban J connectivity index is 1.79. The number of carbonyl (C=O) groups excluding carboxylic acids is 5. The number of thioether (sulfide) groups is 1. The van der Waals surface area contributed by atoms with E-state index in [4.69, 9.17) is 10.5 Å². The van der Waals surface area contributed by atoms with E-state index in [1.807, 2.05) is 0 Å². The third-order valence-electron chi connectivity index (χ3n) is 5.98. The number of aliphatic carboxylic acids is 1. The summed E-state index contributed by atoms with van der Waals surface area (Å²) in [7, 11) is 1.27. The molecule has 1 saturated heterocycles. The van der Waals surface area contributed by atoms with Crippen LogP contribution in [0.4, 0.5) is 9.59 Å². The number of rotatable bonds is 8. The first-order valence-electron chi connectivity index (χ1n) is 11.4. The van der Waals surface area contributed by atoms with Crippen molar-refractivity contribution in [2.45, 2.75) is 31.3 Å². The van der Waals surface area contributed by atoms with Crippen LogP contribution < -0.4 is 16.4 Å². The van der Waals surface area contributed by atoms with Crippen LogP contribution in [0.1, 0.15) is 25.5 Å². The number of amides is 6. The first-order valence-corrected chi connectivity index (χ1v) is 12.4. The molecule has 0 saturated carbocycles. The van der Waals surface area contributed by atoms with Crippen LogP contribution in [0.3, 0.4) is 0 Å². The van der Waals surface area contributed by atoms with Crippen molar-refractivity contribution in [2.75, 3.05) is 19.4 Å². The fourth-order valence-corrected chi connectivity index (χ4v) is 5.16. The predicted molar refractivity (Wildman–Crippen MR) is 135 cm³/mol. The third-order valence-corrected chi connectivity index (χ3v) is 7.32. The van der Waals surface area contributed by atoms with Crippen molar-refractivity contribution in [1.82, 2.24) is 20.4 Å². The highest BCUT2D eigenvalue weighted by atomic mass is 32.2. The second-order valence-corrected chi connectivity index (χ2v) is 9.50. The molecular weight excluding hydrogens is 518 g/mol. The number of carboxylic acids is 1. The number of ether oxygens (including phenoxy) is 1. The van der Waals surface area contributed by atoms with Gasteiger partial charge in [0.25, 0.3) is 11.8 Å². The minimum absolute atomic E-state index is 0.117. The summed E-state index contributed by atoms with van der Waals surface area (Å²) in [6, 6.07) is 5.08. The minimum atomic E-state index is -1.39. The van der Waals surface area contributed by atoms with Gasteiger partial charge in [0.1, 0.15) is 29.8 Å². The largest absolute Gasteiger partial charge is 0.477 e. The maximum absolute atomic E-state index is 13.3. The van der Waals surface area contributed by atoms with E-state index in [9.17, 15) is 33.9 Å². The molecule has 1 aromatic carbocycles. The number of nitrogens with one attached hydrogen (secondary N) is 2. The van der Waals surface area contributed by atoms with E-state index in [2.05, 4.69) is 10.6 Å². The molecule has 1 aromatic rings. The van der Waals surface area contributed by atoms with Gasteiger partial charge in [-0.2, -0.15) is 0 Å². The van der Waals surface area contributed by atoms with E-state index in [0.29, 0.717) is 11.1 Å². The molecule has 2 aliphatic rings. The Bertz CT molecular complexity index is 1230. The van der Waals surface area contributed by atoms with Gasteiger partial charge in [0.15, 0.2) is 0 Å². The molecule has 0 spiro atoms. The third kappa shape index (κ3) is 5.80. The topological polar surface area (TPSA) is 188 Å². The number of hydrogen-bond donors (Lipinski definition) is 4. The number of primary amides is 1. The summed E-state index contributed by atoms with van der Waals surface area (Å²) < 4.78 is 4.70. The first kappa shape index (κ1) is 28.2. The molecule has 3 atom stereocenters. The summed E-state index contributed by atoms with van der Waals surface area (Å²) in [6.45, 7) is 2.81. The van der Waals surface area contributed by atoms with Gasteiger partial charge < -0.3 is 26.2 Å². The van der Waals surface area contributed by atoms with Gasteiger partial charge in [-0.05, 0) is 19.4 Å². The van der Waals surface area contributed by atoms with E-state index in [1.54, 1.807) is 50.3 Å². The molecule has 6 amide bonds. The Labute approximate surface area is 222 Å². The Kier molecular flexibility index (Phi) is 8.78. The number of hydrogen-bond acceptors (Lipinski definition) is 8. The summed E-state index contributed by atoms with van der Waals surface area (Å²) >= 11 is 1.17. The SMILES string of the molecule is CC=C(C)C(=O)N(C)C(=O)NC(C(=O)NC1C(=O)N2C(C(=O)O)=C(COC(N)=O)CS[C@@H]12)c1ccccc1. The van der Waals surface area contributed by atoms with Gasteiger partial charge in [-0.25, -0.2) is 14.4 Å². The van der Waals surface area contributed by atoms with Crippen LogP contribution in [0.15, 0.2) is 53.3 Å².